The van der Waals surface area contributed by atoms with Crippen LogP contribution in [0.1, 0.15) is 72.8 Å². The minimum atomic E-state index is -0.495. The maximum Gasteiger partial charge on any atom is 0.242 e. The molecule has 44 heavy (non-hydrogen) atoms. The molecule has 2 heterocycles. The van der Waals surface area contributed by atoms with Crippen molar-refractivity contribution in [1.29, 1.82) is 0 Å². The van der Waals surface area contributed by atoms with Crippen molar-refractivity contribution in [1.82, 2.24) is 25.0 Å². The summed E-state index contributed by atoms with van der Waals surface area (Å²) in [6, 6.07) is 2.90. The van der Waals surface area contributed by atoms with Gasteiger partial charge >= 0.3 is 0 Å². The van der Waals surface area contributed by atoms with Crippen molar-refractivity contribution in [3.05, 3.63) is 23.9 Å². The number of aromatic nitrogens is 1. The molecule has 1 fully saturated rings. The summed E-state index contributed by atoms with van der Waals surface area (Å²) in [5, 5.41) is 2.87. The number of pyridine rings is 1. The molecule has 1 saturated heterocycles. The zero-order valence-corrected chi connectivity index (χ0v) is 28.7. The van der Waals surface area contributed by atoms with Crippen LogP contribution in [0.2, 0.25) is 0 Å². The second kappa shape index (κ2) is 17.7. The highest BCUT2D eigenvalue weighted by atomic mass is 16.5. The van der Waals surface area contributed by atoms with Crippen LogP contribution in [-0.4, -0.2) is 109 Å². The van der Waals surface area contributed by atoms with Gasteiger partial charge in [-0.25, -0.2) is 4.98 Å². The molecular weight excluding hydrogens is 560 g/mol. The number of rotatable bonds is 17. The minimum absolute atomic E-state index is 0.00609. The summed E-state index contributed by atoms with van der Waals surface area (Å²) >= 11 is 0. The number of nitrogens with two attached hydrogens (primary N) is 1. The average Bonchev–Trinajstić information content (AvgIpc) is 3.44. The second-order valence-electron chi connectivity index (χ2n) is 13.0. The van der Waals surface area contributed by atoms with E-state index in [0.717, 1.165) is 24.8 Å². The first-order valence-electron chi connectivity index (χ1n) is 16.1. The number of methoxy groups -OCH3 is 2. The van der Waals surface area contributed by atoms with E-state index in [0.29, 0.717) is 18.9 Å². The molecule has 0 aromatic carbocycles. The molecule has 3 N–H and O–H groups in total. The van der Waals surface area contributed by atoms with Crippen LogP contribution in [0.15, 0.2) is 18.3 Å². The SMILES string of the molecule is CCC(C)C(C(CC(=O)N1CCC[C@H]1[C@H](OC)C(C)C)OC)N(C)C(=O)CNC(=O)C(C(C)C)N(C)Cc1ccnc(N)c1. The summed E-state index contributed by atoms with van der Waals surface area (Å²) in [5.41, 5.74) is 6.78. The fourth-order valence-electron chi connectivity index (χ4n) is 6.74. The van der Waals surface area contributed by atoms with Gasteiger partial charge in [-0.15, -0.1) is 0 Å². The van der Waals surface area contributed by atoms with Gasteiger partial charge in [0.05, 0.1) is 43.3 Å². The Hall–Kier alpha value is -2.76. The summed E-state index contributed by atoms with van der Waals surface area (Å²) in [7, 11) is 6.93. The number of hydrogen-bond donors (Lipinski definition) is 2. The fraction of sp³-hybridized carbons (Fsp3) is 0.758. The Morgan fingerprint density at radius 3 is 2.34 bits per heavy atom. The van der Waals surface area contributed by atoms with Gasteiger partial charge in [0.1, 0.15) is 5.82 Å². The first-order chi connectivity index (χ1) is 20.8. The number of carbonyl (C=O) groups excluding carboxylic acids is 3. The highest BCUT2D eigenvalue weighted by Gasteiger charge is 2.40. The number of ether oxygens (including phenoxy) is 2. The lowest BCUT2D eigenvalue weighted by Crippen LogP contribution is -2.55. The normalized spacial score (nSPS) is 18.8. The molecule has 0 spiro atoms. The zero-order chi connectivity index (χ0) is 33.1. The van der Waals surface area contributed by atoms with Gasteiger partial charge in [-0.05, 0) is 55.3 Å². The van der Waals surface area contributed by atoms with Crippen molar-refractivity contribution in [3.8, 4) is 0 Å². The maximum atomic E-state index is 13.7. The fourth-order valence-corrected chi connectivity index (χ4v) is 6.74. The number of hydrogen-bond acceptors (Lipinski definition) is 8. The lowest BCUT2D eigenvalue weighted by atomic mass is 9.90. The summed E-state index contributed by atoms with van der Waals surface area (Å²) < 4.78 is 11.7. The summed E-state index contributed by atoms with van der Waals surface area (Å²) in [4.78, 5) is 50.1. The van der Waals surface area contributed by atoms with E-state index in [-0.39, 0.29) is 66.6 Å². The van der Waals surface area contributed by atoms with Gasteiger partial charge in [0.25, 0.3) is 0 Å². The van der Waals surface area contributed by atoms with Gasteiger partial charge in [0, 0.05) is 40.6 Å². The molecule has 6 atom stereocenters. The Kier molecular flexibility index (Phi) is 15.0. The molecule has 11 nitrogen and oxygen atoms in total. The van der Waals surface area contributed by atoms with Crippen molar-refractivity contribution in [2.24, 2.45) is 17.8 Å². The number of nitrogens with one attached hydrogen (secondary N) is 1. The summed E-state index contributed by atoms with van der Waals surface area (Å²) in [5.74, 6) is 0.350. The van der Waals surface area contributed by atoms with E-state index in [1.165, 1.54) is 0 Å². The molecule has 1 aromatic heterocycles. The second-order valence-corrected chi connectivity index (χ2v) is 13.0. The van der Waals surface area contributed by atoms with Crippen molar-refractivity contribution in [3.63, 3.8) is 0 Å². The van der Waals surface area contributed by atoms with Crippen LogP contribution in [0.5, 0.6) is 0 Å². The third-order valence-corrected chi connectivity index (χ3v) is 9.12. The van der Waals surface area contributed by atoms with E-state index in [9.17, 15) is 14.4 Å². The molecule has 1 aliphatic heterocycles. The Morgan fingerprint density at radius 2 is 1.80 bits per heavy atom. The zero-order valence-electron chi connectivity index (χ0n) is 28.7. The van der Waals surface area contributed by atoms with Gasteiger partial charge in [-0.1, -0.05) is 48.0 Å². The molecule has 3 amide bonds. The van der Waals surface area contributed by atoms with Crippen LogP contribution in [0.25, 0.3) is 0 Å². The monoisotopic (exact) mass is 618 g/mol. The van der Waals surface area contributed by atoms with Crippen LogP contribution in [0, 0.1) is 17.8 Å². The van der Waals surface area contributed by atoms with Crippen molar-refractivity contribution < 1.29 is 23.9 Å². The molecule has 0 bridgehead atoms. The molecule has 0 aliphatic carbocycles. The third kappa shape index (κ3) is 9.87. The summed E-state index contributed by atoms with van der Waals surface area (Å²) in [6.45, 7) is 13.4. The Labute approximate surface area is 265 Å². The Balaban J connectivity index is 2.12. The van der Waals surface area contributed by atoms with Gasteiger partial charge in [-0.3, -0.25) is 19.3 Å². The topological polar surface area (TPSA) is 130 Å². The number of likely N-dealkylation sites (N-methyl/N-ethyl adjacent to an activating group) is 2. The molecule has 0 radical (unpaired) electrons. The van der Waals surface area contributed by atoms with Crippen LogP contribution in [0.3, 0.4) is 0 Å². The largest absolute Gasteiger partial charge is 0.384 e. The highest BCUT2D eigenvalue weighted by Crippen LogP contribution is 2.29. The van der Waals surface area contributed by atoms with Gasteiger partial charge < -0.3 is 30.3 Å². The molecule has 250 valence electrons. The first-order valence-corrected chi connectivity index (χ1v) is 16.1. The summed E-state index contributed by atoms with van der Waals surface area (Å²) in [6.07, 6.45) is 3.95. The number of nitrogen functional groups attached to an aromatic ring is 1. The van der Waals surface area contributed by atoms with Crippen LogP contribution < -0.4 is 11.1 Å². The number of amides is 3. The molecule has 1 aromatic rings. The van der Waals surface area contributed by atoms with E-state index < -0.39 is 12.1 Å². The lowest BCUT2D eigenvalue weighted by Gasteiger charge is -2.39. The van der Waals surface area contributed by atoms with E-state index in [1.807, 2.05) is 36.8 Å². The standard InChI is InChI=1S/C33H58N6O5/c1-11-23(6)31(26(43-9)18-28(40)39-16-12-13-25(39)32(44-10)22(4)5)38(8)29(41)19-36-33(42)30(21(2)3)37(7)20-24-14-15-35-27(34)17-24/h14-15,17,21-23,25-26,30-32H,11-13,16,18-20H2,1-10H3,(H2,34,35)(H,36,42)/t23?,25-,26?,30?,31?,32+/m0/s1. The van der Waals surface area contributed by atoms with Crippen LogP contribution >= 0.6 is 0 Å². The lowest BCUT2D eigenvalue weighted by molar-refractivity contribution is -0.144. The van der Waals surface area contributed by atoms with E-state index in [4.69, 9.17) is 15.2 Å². The number of anilines is 1. The van der Waals surface area contributed by atoms with Gasteiger partial charge in [-0.2, -0.15) is 0 Å². The minimum Gasteiger partial charge on any atom is -0.384 e. The highest BCUT2D eigenvalue weighted by molar-refractivity contribution is 5.87. The smallest absolute Gasteiger partial charge is 0.242 e. The van der Waals surface area contributed by atoms with Gasteiger partial charge in [0.2, 0.25) is 17.7 Å². The Morgan fingerprint density at radius 1 is 1.11 bits per heavy atom. The van der Waals surface area contributed by atoms with Gasteiger partial charge in [0.15, 0.2) is 0 Å². The molecule has 0 saturated carbocycles. The molecule has 11 heteroatoms. The predicted molar refractivity (Wildman–Crippen MR) is 174 cm³/mol. The van der Waals surface area contributed by atoms with Crippen molar-refractivity contribution in [2.75, 3.05) is 47.1 Å². The van der Waals surface area contributed by atoms with E-state index in [1.54, 1.807) is 38.4 Å². The molecule has 2 rings (SSSR count). The maximum absolute atomic E-state index is 13.7. The van der Waals surface area contributed by atoms with Crippen molar-refractivity contribution >= 4 is 23.5 Å². The number of carbonyl (C=O) groups is 3. The first kappa shape index (κ1) is 37.4. The molecular formula is C33H58N6O5. The van der Waals surface area contributed by atoms with E-state index in [2.05, 4.69) is 38.0 Å². The quantitative estimate of drug-likeness (QED) is 0.272. The number of likely N-dealkylation sites (tertiary alicyclic amines) is 1. The molecule has 4 unspecified atom stereocenters. The third-order valence-electron chi connectivity index (χ3n) is 9.12. The van der Waals surface area contributed by atoms with Crippen LogP contribution in [-0.2, 0) is 30.4 Å². The van der Waals surface area contributed by atoms with Crippen LogP contribution in [0.4, 0.5) is 5.82 Å². The van der Waals surface area contributed by atoms with E-state index >= 15 is 0 Å². The molecule has 1 aliphatic rings. The van der Waals surface area contributed by atoms with Crippen molar-refractivity contribution in [2.45, 2.75) is 104 Å². The average molecular weight is 619 g/mol. The Bertz CT molecular complexity index is 1070. The number of nitrogens with zero attached hydrogens (tertiary/aromatic N) is 4. The predicted octanol–water partition coefficient (Wildman–Crippen LogP) is 3.18.